The highest BCUT2D eigenvalue weighted by molar-refractivity contribution is 5.99. The van der Waals surface area contributed by atoms with E-state index in [9.17, 15) is 14.7 Å². The number of benzene rings is 3. The van der Waals surface area contributed by atoms with Crippen LogP contribution in [0.5, 0.6) is 5.75 Å². The van der Waals surface area contributed by atoms with Gasteiger partial charge in [0.05, 0.1) is 12.7 Å². The highest BCUT2D eigenvalue weighted by Gasteiger charge is 2.41. The number of carbonyl (C=O) groups is 2. The van der Waals surface area contributed by atoms with E-state index in [-0.39, 0.29) is 19.0 Å². The molecular weight excluding hydrogens is 454 g/mol. The van der Waals surface area contributed by atoms with E-state index >= 15 is 0 Å². The third-order valence-electron chi connectivity index (χ3n) is 6.87. The zero-order valence-electron chi connectivity index (χ0n) is 21.0. The number of cyclic esters (lactones) is 1. The van der Waals surface area contributed by atoms with Crippen LogP contribution >= 0.6 is 0 Å². The molecule has 4 rings (SSSR count). The lowest BCUT2D eigenvalue weighted by Crippen LogP contribution is -2.47. The van der Waals surface area contributed by atoms with E-state index in [0.717, 1.165) is 28.9 Å². The predicted octanol–water partition coefficient (Wildman–Crippen LogP) is 5.43. The molecule has 0 saturated heterocycles. The summed E-state index contributed by atoms with van der Waals surface area (Å²) in [5, 5.41) is 14.7. The highest BCUT2D eigenvalue weighted by atomic mass is 16.5. The molecule has 3 aromatic rings. The van der Waals surface area contributed by atoms with E-state index in [1.807, 2.05) is 68.4 Å². The number of fused-ring (bicyclic) bond motifs is 1. The van der Waals surface area contributed by atoms with Crippen LogP contribution in [0.4, 0.5) is 5.69 Å². The third kappa shape index (κ3) is 5.77. The molecule has 188 valence electrons. The molecule has 0 aliphatic carbocycles. The van der Waals surface area contributed by atoms with Gasteiger partial charge in [-0.15, -0.1) is 0 Å². The average Bonchev–Trinajstić information content (AvgIpc) is 3.24. The number of nitrogens with one attached hydrogen (secondary N) is 1. The number of hydrogen-bond donors (Lipinski definition) is 2. The Hall–Kier alpha value is -3.64. The van der Waals surface area contributed by atoms with E-state index in [4.69, 9.17) is 9.47 Å². The molecule has 0 radical (unpaired) electrons. The summed E-state index contributed by atoms with van der Waals surface area (Å²) in [5.74, 6) is -0.0188. The van der Waals surface area contributed by atoms with E-state index in [1.54, 1.807) is 25.3 Å². The molecule has 1 unspecified atom stereocenters. The van der Waals surface area contributed by atoms with Gasteiger partial charge in [0.25, 0.3) is 5.91 Å². The smallest absolute Gasteiger partial charge is 0.338 e. The second-order valence-electron chi connectivity index (χ2n) is 10.1. The standard InChI is InChI=1S/C30H33NO5/c1-29(2,23-9-5-4-6-10-23)20-30(34,17-7-8-21-11-14-25(35-3)15-12-21)28(33)31-24-13-16-26-22(18-24)19-36-27(26)32/h4-6,9-16,18,34H,7-8,17,19-20H2,1-3H3,(H,31,33). The first kappa shape index (κ1) is 25.5. The quantitative estimate of drug-likeness (QED) is 0.373. The van der Waals surface area contributed by atoms with Gasteiger partial charge in [-0.3, -0.25) is 4.79 Å². The van der Waals surface area contributed by atoms with Crippen molar-refractivity contribution < 1.29 is 24.2 Å². The number of aliphatic hydroxyl groups is 1. The Morgan fingerprint density at radius 2 is 1.78 bits per heavy atom. The number of amides is 1. The van der Waals surface area contributed by atoms with Gasteiger partial charge in [-0.1, -0.05) is 56.3 Å². The summed E-state index contributed by atoms with van der Waals surface area (Å²) in [5.41, 5.74) is 1.90. The number of carbonyl (C=O) groups excluding carboxylic acids is 2. The van der Waals surface area contributed by atoms with Crippen LogP contribution in [0, 0.1) is 0 Å². The SMILES string of the molecule is COc1ccc(CCCC(O)(CC(C)(C)c2ccccc2)C(=O)Nc2ccc3c(c2)COC3=O)cc1. The van der Waals surface area contributed by atoms with Gasteiger partial charge in [-0.05, 0) is 72.6 Å². The predicted molar refractivity (Wildman–Crippen MR) is 139 cm³/mol. The number of aryl methyl sites for hydroxylation is 1. The molecule has 2 N–H and O–H groups in total. The van der Waals surface area contributed by atoms with Crippen LogP contribution in [0.3, 0.4) is 0 Å². The number of ether oxygens (including phenoxy) is 2. The molecule has 1 aliphatic heterocycles. The molecule has 1 amide bonds. The normalized spacial score (nSPS) is 14.5. The van der Waals surface area contributed by atoms with Gasteiger partial charge < -0.3 is 19.9 Å². The Bertz CT molecular complexity index is 1220. The molecule has 0 fully saturated rings. The van der Waals surface area contributed by atoms with Gasteiger partial charge in [0.1, 0.15) is 18.0 Å². The molecule has 0 spiro atoms. The van der Waals surface area contributed by atoms with Crippen molar-refractivity contribution in [2.24, 2.45) is 0 Å². The first-order valence-corrected chi connectivity index (χ1v) is 12.2. The molecule has 36 heavy (non-hydrogen) atoms. The fourth-order valence-electron chi connectivity index (χ4n) is 4.84. The molecule has 1 aliphatic rings. The van der Waals surface area contributed by atoms with Gasteiger partial charge in [-0.2, -0.15) is 0 Å². The minimum atomic E-state index is -1.60. The second kappa shape index (κ2) is 10.5. The number of esters is 1. The zero-order valence-corrected chi connectivity index (χ0v) is 21.0. The zero-order chi connectivity index (χ0) is 25.8. The van der Waals surface area contributed by atoms with Gasteiger partial charge in [0, 0.05) is 11.3 Å². The lowest BCUT2D eigenvalue weighted by Gasteiger charge is -2.36. The van der Waals surface area contributed by atoms with Gasteiger partial charge in [-0.25, -0.2) is 4.79 Å². The van der Waals surface area contributed by atoms with Crippen LogP contribution in [0.2, 0.25) is 0 Å². The van der Waals surface area contributed by atoms with Crippen LogP contribution in [0.15, 0.2) is 72.8 Å². The van der Waals surface area contributed by atoms with Crippen molar-refractivity contribution in [2.45, 2.75) is 57.2 Å². The molecule has 0 bridgehead atoms. The maximum atomic E-state index is 13.6. The van der Waals surface area contributed by atoms with Crippen molar-refractivity contribution in [1.82, 2.24) is 0 Å². The Kier molecular flexibility index (Phi) is 7.45. The summed E-state index contributed by atoms with van der Waals surface area (Å²) < 4.78 is 10.3. The number of methoxy groups -OCH3 is 1. The molecule has 0 aromatic heterocycles. The van der Waals surface area contributed by atoms with Crippen molar-refractivity contribution >= 4 is 17.6 Å². The lowest BCUT2D eigenvalue weighted by atomic mass is 9.73. The first-order chi connectivity index (χ1) is 17.2. The third-order valence-corrected chi connectivity index (χ3v) is 6.87. The summed E-state index contributed by atoms with van der Waals surface area (Å²) in [6.07, 6.45) is 1.91. The highest BCUT2D eigenvalue weighted by Crippen LogP contribution is 2.36. The van der Waals surface area contributed by atoms with Crippen LogP contribution in [0.1, 0.15) is 60.2 Å². The summed E-state index contributed by atoms with van der Waals surface area (Å²) in [6, 6.07) is 22.8. The van der Waals surface area contributed by atoms with E-state index in [2.05, 4.69) is 5.32 Å². The Balaban J connectivity index is 1.53. The van der Waals surface area contributed by atoms with E-state index < -0.39 is 16.9 Å². The molecule has 6 heteroatoms. The molecule has 1 atom stereocenters. The molecule has 6 nitrogen and oxygen atoms in total. The number of rotatable bonds is 10. The fraction of sp³-hybridized carbons (Fsp3) is 0.333. The second-order valence-corrected chi connectivity index (χ2v) is 10.1. The Labute approximate surface area is 212 Å². The van der Waals surface area contributed by atoms with Crippen LogP contribution in [-0.2, 0) is 28.0 Å². The summed E-state index contributed by atoms with van der Waals surface area (Å²) in [6.45, 7) is 4.27. The van der Waals surface area contributed by atoms with Crippen LogP contribution < -0.4 is 10.1 Å². The van der Waals surface area contributed by atoms with Crippen molar-refractivity contribution in [3.63, 3.8) is 0 Å². The molecule has 0 saturated carbocycles. The fourth-order valence-corrected chi connectivity index (χ4v) is 4.84. The summed E-state index contributed by atoms with van der Waals surface area (Å²) in [4.78, 5) is 25.3. The summed E-state index contributed by atoms with van der Waals surface area (Å²) >= 11 is 0. The van der Waals surface area contributed by atoms with Gasteiger partial charge in [0.2, 0.25) is 0 Å². The Morgan fingerprint density at radius 3 is 2.47 bits per heavy atom. The van der Waals surface area contributed by atoms with Gasteiger partial charge in [0.15, 0.2) is 0 Å². The van der Waals surface area contributed by atoms with Gasteiger partial charge >= 0.3 is 5.97 Å². The van der Waals surface area contributed by atoms with Crippen molar-refractivity contribution in [3.05, 3.63) is 95.1 Å². The minimum absolute atomic E-state index is 0.186. The molecule has 1 heterocycles. The van der Waals surface area contributed by atoms with Crippen molar-refractivity contribution in [2.75, 3.05) is 12.4 Å². The largest absolute Gasteiger partial charge is 0.497 e. The number of hydrogen-bond acceptors (Lipinski definition) is 5. The maximum Gasteiger partial charge on any atom is 0.338 e. The van der Waals surface area contributed by atoms with E-state index in [0.29, 0.717) is 24.1 Å². The van der Waals surface area contributed by atoms with E-state index in [1.165, 1.54) is 0 Å². The first-order valence-electron chi connectivity index (χ1n) is 12.2. The Morgan fingerprint density at radius 1 is 1.06 bits per heavy atom. The summed E-state index contributed by atoms with van der Waals surface area (Å²) in [7, 11) is 1.63. The van der Waals surface area contributed by atoms with Crippen LogP contribution in [-0.4, -0.2) is 29.7 Å². The average molecular weight is 488 g/mol. The topological polar surface area (TPSA) is 84.9 Å². The maximum absolute atomic E-state index is 13.6. The molecule has 3 aromatic carbocycles. The van der Waals surface area contributed by atoms with Crippen molar-refractivity contribution in [1.29, 1.82) is 0 Å². The lowest BCUT2D eigenvalue weighted by molar-refractivity contribution is -0.137. The number of anilines is 1. The van der Waals surface area contributed by atoms with Crippen molar-refractivity contribution in [3.8, 4) is 5.75 Å². The molecular formula is C30H33NO5. The minimum Gasteiger partial charge on any atom is -0.497 e. The monoisotopic (exact) mass is 487 g/mol. The van der Waals surface area contributed by atoms with Crippen LogP contribution in [0.25, 0.3) is 0 Å².